The minimum atomic E-state index is -0.269. The van der Waals surface area contributed by atoms with E-state index in [1.165, 1.54) is 0 Å². The summed E-state index contributed by atoms with van der Waals surface area (Å²) in [7, 11) is 0. The second-order valence-electron chi connectivity index (χ2n) is 7.33. The Hall–Kier alpha value is -4.33. The van der Waals surface area contributed by atoms with Gasteiger partial charge in [0.25, 0.3) is 5.91 Å². The van der Waals surface area contributed by atoms with Crippen LogP contribution in [0.15, 0.2) is 78.1 Å². The van der Waals surface area contributed by atoms with Crippen molar-refractivity contribution in [3.8, 4) is 22.6 Å². The van der Waals surface area contributed by atoms with Gasteiger partial charge in [-0.1, -0.05) is 0 Å². The highest BCUT2D eigenvalue weighted by Crippen LogP contribution is 2.21. The Bertz CT molecular complexity index is 1360. The molecule has 158 valence electrons. The molecule has 0 saturated carbocycles. The van der Waals surface area contributed by atoms with Gasteiger partial charge in [-0.05, 0) is 49.4 Å². The zero-order chi connectivity index (χ0) is 21.9. The Morgan fingerprint density at radius 2 is 2.03 bits per heavy atom. The number of nitrogens with one attached hydrogen (secondary N) is 1. The Balaban J connectivity index is 1.29. The third-order valence-electron chi connectivity index (χ3n) is 5.16. The number of nitrogens with zero attached hydrogens (tertiary/aromatic N) is 5. The van der Waals surface area contributed by atoms with Gasteiger partial charge in [0.1, 0.15) is 12.1 Å². The van der Waals surface area contributed by atoms with Crippen molar-refractivity contribution in [3.63, 3.8) is 0 Å². The number of fused-ring (bicyclic) bond motifs is 1. The molecule has 0 radical (unpaired) electrons. The molecule has 0 aliphatic heterocycles. The molecule has 1 amide bonds. The molecular formula is C24H20N6O2. The van der Waals surface area contributed by atoms with E-state index in [1.807, 2.05) is 53.8 Å². The number of pyridine rings is 2. The maximum Gasteiger partial charge on any atom is 0.273 e. The lowest BCUT2D eigenvalue weighted by molar-refractivity contribution is 0.0951. The Morgan fingerprint density at radius 1 is 1.09 bits per heavy atom. The van der Waals surface area contributed by atoms with E-state index < -0.39 is 0 Å². The largest absolute Gasteiger partial charge is 0.464 e. The number of imidazole rings is 1. The summed E-state index contributed by atoms with van der Waals surface area (Å²) in [5.41, 5.74) is 5.16. The van der Waals surface area contributed by atoms with E-state index in [2.05, 4.69) is 25.3 Å². The SMILES string of the molecule is Cc1cc(-c2cccnc2)nc2c(C(=O)NCCc3ccc(-c4ccco4)cn3)ncn12. The minimum Gasteiger partial charge on any atom is -0.464 e. The minimum absolute atomic E-state index is 0.269. The second-order valence-corrected chi connectivity index (χ2v) is 7.33. The number of carbonyl (C=O) groups is 1. The van der Waals surface area contributed by atoms with Crippen molar-refractivity contribution in [1.29, 1.82) is 0 Å². The average Bonchev–Trinajstić information content (AvgIpc) is 3.51. The van der Waals surface area contributed by atoms with Crippen LogP contribution in [0.3, 0.4) is 0 Å². The molecule has 0 atom stereocenters. The van der Waals surface area contributed by atoms with Crippen LogP contribution >= 0.6 is 0 Å². The normalized spacial score (nSPS) is 11.0. The molecule has 0 unspecified atom stereocenters. The van der Waals surface area contributed by atoms with Gasteiger partial charge in [0.2, 0.25) is 0 Å². The van der Waals surface area contributed by atoms with E-state index in [0.29, 0.717) is 24.3 Å². The monoisotopic (exact) mass is 424 g/mol. The summed E-state index contributed by atoms with van der Waals surface area (Å²) in [5.74, 6) is 0.507. The summed E-state index contributed by atoms with van der Waals surface area (Å²) >= 11 is 0. The smallest absolute Gasteiger partial charge is 0.273 e. The predicted octanol–water partition coefficient (Wildman–Crippen LogP) is 3.73. The first kappa shape index (κ1) is 19.6. The lowest BCUT2D eigenvalue weighted by atomic mass is 10.2. The number of amides is 1. The molecule has 5 aromatic heterocycles. The van der Waals surface area contributed by atoms with Gasteiger partial charge in [0.05, 0.1) is 12.0 Å². The van der Waals surface area contributed by atoms with E-state index in [-0.39, 0.29) is 5.91 Å². The molecule has 0 fully saturated rings. The van der Waals surface area contributed by atoms with Crippen molar-refractivity contribution < 1.29 is 9.21 Å². The first-order valence-corrected chi connectivity index (χ1v) is 10.2. The Morgan fingerprint density at radius 3 is 2.78 bits per heavy atom. The maximum atomic E-state index is 12.8. The average molecular weight is 424 g/mol. The molecule has 0 spiro atoms. The molecule has 32 heavy (non-hydrogen) atoms. The molecule has 5 heterocycles. The fourth-order valence-corrected chi connectivity index (χ4v) is 3.49. The molecule has 8 heteroatoms. The van der Waals surface area contributed by atoms with Crippen LogP contribution < -0.4 is 5.32 Å². The molecular weight excluding hydrogens is 404 g/mol. The Kier molecular flexibility index (Phi) is 5.17. The van der Waals surface area contributed by atoms with Crippen molar-refractivity contribution in [2.75, 3.05) is 6.54 Å². The van der Waals surface area contributed by atoms with E-state index >= 15 is 0 Å². The van der Waals surface area contributed by atoms with E-state index in [0.717, 1.165) is 34.0 Å². The fraction of sp³-hybridized carbons (Fsp3) is 0.125. The van der Waals surface area contributed by atoms with Gasteiger partial charge in [-0.2, -0.15) is 0 Å². The molecule has 5 rings (SSSR count). The number of hydrogen-bond donors (Lipinski definition) is 1. The van der Waals surface area contributed by atoms with Gasteiger partial charge >= 0.3 is 0 Å². The molecule has 8 nitrogen and oxygen atoms in total. The van der Waals surface area contributed by atoms with Crippen LogP contribution in [0.4, 0.5) is 0 Å². The van der Waals surface area contributed by atoms with E-state index in [4.69, 9.17) is 4.42 Å². The fourth-order valence-electron chi connectivity index (χ4n) is 3.49. The topological polar surface area (TPSA) is 98.2 Å². The number of furan rings is 1. The second kappa shape index (κ2) is 8.43. The third-order valence-corrected chi connectivity index (χ3v) is 5.16. The first-order chi connectivity index (χ1) is 15.7. The summed E-state index contributed by atoms with van der Waals surface area (Å²) in [5, 5.41) is 2.92. The number of aromatic nitrogens is 5. The molecule has 0 aliphatic carbocycles. The summed E-state index contributed by atoms with van der Waals surface area (Å²) in [6.07, 6.45) is 9.09. The summed E-state index contributed by atoms with van der Waals surface area (Å²) < 4.78 is 7.19. The third kappa shape index (κ3) is 3.85. The zero-order valence-electron chi connectivity index (χ0n) is 17.4. The van der Waals surface area contributed by atoms with Crippen LogP contribution in [0, 0.1) is 6.92 Å². The van der Waals surface area contributed by atoms with Crippen molar-refractivity contribution in [2.24, 2.45) is 0 Å². The molecule has 0 aliphatic rings. The summed E-state index contributed by atoms with van der Waals surface area (Å²) in [4.78, 5) is 30.4. The summed E-state index contributed by atoms with van der Waals surface area (Å²) in [6.45, 7) is 2.39. The number of hydrogen-bond acceptors (Lipinski definition) is 6. The summed E-state index contributed by atoms with van der Waals surface area (Å²) in [6, 6.07) is 13.4. The van der Waals surface area contributed by atoms with Crippen LogP contribution in [0.2, 0.25) is 0 Å². The van der Waals surface area contributed by atoms with Crippen LogP contribution in [0.1, 0.15) is 21.9 Å². The molecule has 1 N–H and O–H groups in total. The van der Waals surface area contributed by atoms with Crippen LogP contribution in [0.25, 0.3) is 28.2 Å². The van der Waals surface area contributed by atoms with Crippen LogP contribution in [-0.2, 0) is 6.42 Å². The predicted molar refractivity (Wildman–Crippen MR) is 119 cm³/mol. The lowest BCUT2D eigenvalue weighted by Crippen LogP contribution is -2.26. The molecule has 5 aromatic rings. The number of rotatable bonds is 6. The van der Waals surface area contributed by atoms with Crippen molar-refractivity contribution in [1.82, 2.24) is 29.7 Å². The van der Waals surface area contributed by atoms with Crippen LogP contribution in [0.5, 0.6) is 0 Å². The van der Waals surface area contributed by atoms with E-state index in [9.17, 15) is 4.79 Å². The molecule has 0 bridgehead atoms. The van der Waals surface area contributed by atoms with Gasteiger partial charge in [0.15, 0.2) is 11.3 Å². The van der Waals surface area contributed by atoms with E-state index in [1.54, 1.807) is 31.2 Å². The molecule has 0 aromatic carbocycles. The molecule has 0 saturated heterocycles. The number of aryl methyl sites for hydroxylation is 1. The standard InChI is InChI=1S/C24H20N6O2/c1-16-12-20(17-4-2-9-25-13-17)29-23-22(28-15-30(16)23)24(31)26-10-8-19-7-6-18(14-27-19)21-5-3-11-32-21/h2-7,9,11-15H,8,10H2,1H3,(H,26,31). The van der Waals surface area contributed by atoms with Crippen molar-refractivity contribution >= 4 is 11.6 Å². The van der Waals surface area contributed by atoms with Gasteiger partial charge in [0, 0.05) is 54.1 Å². The van der Waals surface area contributed by atoms with Crippen molar-refractivity contribution in [3.05, 3.63) is 90.7 Å². The van der Waals surface area contributed by atoms with Gasteiger partial charge < -0.3 is 9.73 Å². The van der Waals surface area contributed by atoms with Gasteiger partial charge in [-0.25, -0.2) is 9.97 Å². The zero-order valence-corrected chi connectivity index (χ0v) is 17.4. The van der Waals surface area contributed by atoms with Gasteiger partial charge in [-0.15, -0.1) is 0 Å². The Labute approximate surface area is 184 Å². The van der Waals surface area contributed by atoms with Crippen LogP contribution in [-0.4, -0.2) is 36.8 Å². The maximum absolute atomic E-state index is 12.8. The quantitative estimate of drug-likeness (QED) is 0.446. The lowest BCUT2D eigenvalue weighted by Gasteiger charge is -2.07. The number of carbonyl (C=O) groups excluding carboxylic acids is 1. The highest BCUT2D eigenvalue weighted by molar-refractivity contribution is 5.98. The van der Waals surface area contributed by atoms with Gasteiger partial charge in [-0.3, -0.25) is 19.2 Å². The first-order valence-electron chi connectivity index (χ1n) is 10.2. The highest BCUT2D eigenvalue weighted by atomic mass is 16.3. The highest BCUT2D eigenvalue weighted by Gasteiger charge is 2.17. The van der Waals surface area contributed by atoms with Crippen molar-refractivity contribution in [2.45, 2.75) is 13.3 Å².